The Bertz CT molecular complexity index is 661. The molecule has 1 saturated carbocycles. The molecule has 0 bridgehead atoms. The van der Waals surface area contributed by atoms with E-state index in [2.05, 4.69) is 9.80 Å². The molecule has 25 heavy (non-hydrogen) atoms. The molecule has 0 N–H and O–H groups in total. The first-order valence-corrected chi connectivity index (χ1v) is 9.51. The molecule has 0 aromatic heterocycles. The smallest absolute Gasteiger partial charge is 0.230 e. The van der Waals surface area contributed by atoms with Crippen molar-refractivity contribution in [2.45, 2.75) is 45.1 Å². The maximum atomic E-state index is 13.9. The third-order valence-electron chi connectivity index (χ3n) is 6.37. The summed E-state index contributed by atoms with van der Waals surface area (Å²) in [6.07, 6.45) is 6.68. The first-order chi connectivity index (χ1) is 12.1. The first-order valence-electron chi connectivity index (χ1n) is 9.51. The fraction of sp³-hybridized carbons (Fsp3) is 0.650. The fourth-order valence-electron chi connectivity index (χ4n) is 4.68. The van der Waals surface area contributed by atoms with E-state index in [9.17, 15) is 13.6 Å². The Morgan fingerprint density at radius 3 is 2.68 bits per heavy atom. The first kappa shape index (κ1) is 17.0. The van der Waals surface area contributed by atoms with Crippen LogP contribution in [0.15, 0.2) is 18.2 Å². The molecule has 1 spiro atoms. The van der Waals surface area contributed by atoms with Crippen molar-refractivity contribution in [3.63, 3.8) is 0 Å². The normalized spacial score (nSPS) is 27.9. The van der Waals surface area contributed by atoms with E-state index in [4.69, 9.17) is 0 Å². The molecule has 2 aliphatic heterocycles. The van der Waals surface area contributed by atoms with E-state index in [-0.39, 0.29) is 5.41 Å². The van der Waals surface area contributed by atoms with Gasteiger partial charge in [0.2, 0.25) is 5.91 Å². The Hall–Kier alpha value is -1.49. The van der Waals surface area contributed by atoms with Gasteiger partial charge in [0, 0.05) is 37.8 Å². The molecule has 1 amide bonds. The standard InChI is InChI=1S/C20H26F2N2O/c21-17-6-5-16(18(22)11-17)13-23-10-8-20(14-23)7-2-9-24(19(20)25)12-15-3-1-4-15/h5-6,11,15H,1-4,7-10,12-14H2/t20-/m1/s1. The predicted octanol–water partition coefficient (Wildman–Crippen LogP) is 3.58. The van der Waals surface area contributed by atoms with Gasteiger partial charge in [0.25, 0.3) is 0 Å². The lowest BCUT2D eigenvalue weighted by molar-refractivity contribution is -0.146. The molecular formula is C20H26F2N2O. The summed E-state index contributed by atoms with van der Waals surface area (Å²) in [6.45, 7) is 3.77. The summed E-state index contributed by atoms with van der Waals surface area (Å²) in [5, 5.41) is 0. The minimum absolute atomic E-state index is 0.279. The van der Waals surface area contributed by atoms with Crippen molar-refractivity contribution in [3.05, 3.63) is 35.4 Å². The van der Waals surface area contributed by atoms with Gasteiger partial charge in [-0.3, -0.25) is 9.69 Å². The van der Waals surface area contributed by atoms with Crippen LogP contribution in [0, 0.1) is 23.0 Å². The average molecular weight is 348 g/mol. The van der Waals surface area contributed by atoms with Crippen molar-refractivity contribution in [2.24, 2.45) is 11.3 Å². The molecule has 1 aliphatic carbocycles. The Labute approximate surface area is 148 Å². The van der Waals surface area contributed by atoms with Gasteiger partial charge in [-0.25, -0.2) is 8.78 Å². The number of likely N-dealkylation sites (tertiary alicyclic amines) is 2. The number of carbonyl (C=O) groups excluding carboxylic acids is 1. The lowest BCUT2D eigenvalue weighted by atomic mass is 9.77. The Morgan fingerprint density at radius 1 is 1.12 bits per heavy atom. The molecule has 4 rings (SSSR count). The van der Waals surface area contributed by atoms with Crippen LogP contribution in [0.3, 0.4) is 0 Å². The number of benzene rings is 1. The molecule has 1 aromatic carbocycles. The maximum Gasteiger partial charge on any atom is 0.230 e. The lowest BCUT2D eigenvalue weighted by Gasteiger charge is -2.42. The molecule has 136 valence electrons. The zero-order valence-corrected chi connectivity index (χ0v) is 14.6. The van der Waals surface area contributed by atoms with E-state index in [0.29, 0.717) is 30.5 Å². The van der Waals surface area contributed by atoms with E-state index in [1.807, 2.05) is 0 Å². The number of piperidine rings is 1. The monoisotopic (exact) mass is 348 g/mol. The van der Waals surface area contributed by atoms with Crippen molar-refractivity contribution in [1.29, 1.82) is 0 Å². The van der Waals surface area contributed by atoms with E-state index in [1.165, 1.54) is 31.4 Å². The largest absolute Gasteiger partial charge is 0.342 e. The zero-order valence-electron chi connectivity index (χ0n) is 14.6. The van der Waals surface area contributed by atoms with Crippen molar-refractivity contribution in [1.82, 2.24) is 9.80 Å². The summed E-state index contributed by atoms with van der Waals surface area (Å²) in [5.74, 6) is -0.0339. The SMILES string of the molecule is O=C1N(CC2CCC2)CCC[C@]12CCN(Cc1ccc(F)cc1F)C2. The van der Waals surface area contributed by atoms with E-state index >= 15 is 0 Å². The molecule has 0 unspecified atom stereocenters. The quantitative estimate of drug-likeness (QED) is 0.830. The zero-order chi connectivity index (χ0) is 17.4. The molecular weight excluding hydrogens is 322 g/mol. The number of amides is 1. The molecule has 0 radical (unpaired) electrons. The topological polar surface area (TPSA) is 23.6 Å². The van der Waals surface area contributed by atoms with Crippen LogP contribution in [0.5, 0.6) is 0 Å². The number of nitrogens with zero attached hydrogens (tertiary/aromatic N) is 2. The number of halogens is 2. The van der Waals surface area contributed by atoms with Gasteiger partial charge >= 0.3 is 0 Å². The molecule has 2 heterocycles. The van der Waals surface area contributed by atoms with Gasteiger partial charge in [-0.15, -0.1) is 0 Å². The number of hydrogen-bond acceptors (Lipinski definition) is 2. The fourth-order valence-corrected chi connectivity index (χ4v) is 4.68. The Balaban J connectivity index is 1.42. The molecule has 3 fully saturated rings. The van der Waals surface area contributed by atoms with Gasteiger partial charge in [0.1, 0.15) is 11.6 Å². The summed E-state index contributed by atoms with van der Waals surface area (Å²) in [7, 11) is 0. The molecule has 1 atom stereocenters. The van der Waals surface area contributed by atoms with E-state index < -0.39 is 11.6 Å². The minimum Gasteiger partial charge on any atom is -0.342 e. The van der Waals surface area contributed by atoms with Crippen LogP contribution < -0.4 is 0 Å². The van der Waals surface area contributed by atoms with Crippen LogP contribution in [-0.2, 0) is 11.3 Å². The van der Waals surface area contributed by atoms with Crippen LogP contribution in [0.1, 0.15) is 44.1 Å². The van der Waals surface area contributed by atoms with Crippen molar-refractivity contribution in [3.8, 4) is 0 Å². The molecule has 5 heteroatoms. The van der Waals surface area contributed by atoms with Crippen LogP contribution >= 0.6 is 0 Å². The van der Waals surface area contributed by atoms with Crippen molar-refractivity contribution >= 4 is 5.91 Å². The minimum atomic E-state index is -0.548. The third kappa shape index (κ3) is 3.31. The molecule has 3 aliphatic rings. The highest BCUT2D eigenvalue weighted by molar-refractivity contribution is 5.84. The van der Waals surface area contributed by atoms with Gasteiger partial charge in [-0.2, -0.15) is 0 Å². The molecule has 1 aromatic rings. The van der Waals surface area contributed by atoms with Crippen LogP contribution in [-0.4, -0.2) is 41.9 Å². The van der Waals surface area contributed by atoms with Crippen molar-refractivity contribution in [2.75, 3.05) is 26.2 Å². The highest BCUT2D eigenvalue weighted by Gasteiger charge is 2.48. The highest BCUT2D eigenvalue weighted by Crippen LogP contribution is 2.41. The summed E-state index contributed by atoms with van der Waals surface area (Å²) in [6, 6.07) is 3.75. The second kappa shape index (κ2) is 6.67. The van der Waals surface area contributed by atoms with Gasteiger partial charge in [0.05, 0.1) is 5.41 Å². The van der Waals surface area contributed by atoms with Gasteiger partial charge in [-0.1, -0.05) is 12.5 Å². The Kier molecular flexibility index (Phi) is 4.52. The highest BCUT2D eigenvalue weighted by atomic mass is 19.1. The summed E-state index contributed by atoms with van der Waals surface area (Å²) in [4.78, 5) is 17.4. The number of hydrogen-bond donors (Lipinski definition) is 0. The van der Waals surface area contributed by atoms with Crippen LogP contribution in [0.4, 0.5) is 8.78 Å². The molecule has 2 saturated heterocycles. The molecule has 3 nitrogen and oxygen atoms in total. The van der Waals surface area contributed by atoms with Crippen LogP contribution in [0.25, 0.3) is 0 Å². The third-order valence-corrected chi connectivity index (χ3v) is 6.37. The van der Waals surface area contributed by atoms with Gasteiger partial charge in [0.15, 0.2) is 0 Å². The van der Waals surface area contributed by atoms with Crippen LogP contribution in [0.2, 0.25) is 0 Å². The lowest BCUT2D eigenvalue weighted by Crippen LogP contribution is -2.51. The Morgan fingerprint density at radius 2 is 1.96 bits per heavy atom. The second-order valence-electron chi connectivity index (χ2n) is 8.13. The van der Waals surface area contributed by atoms with E-state index in [0.717, 1.165) is 45.0 Å². The van der Waals surface area contributed by atoms with Gasteiger partial charge in [-0.05, 0) is 50.6 Å². The van der Waals surface area contributed by atoms with Crippen molar-refractivity contribution < 1.29 is 13.6 Å². The second-order valence-corrected chi connectivity index (χ2v) is 8.13. The summed E-state index contributed by atoms with van der Waals surface area (Å²) >= 11 is 0. The summed E-state index contributed by atoms with van der Waals surface area (Å²) in [5.41, 5.74) is 0.228. The number of rotatable bonds is 4. The van der Waals surface area contributed by atoms with Gasteiger partial charge < -0.3 is 4.90 Å². The number of carbonyl (C=O) groups is 1. The maximum absolute atomic E-state index is 13.9. The average Bonchev–Trinajstić information content (AvgIpc) is 2.94. The summed E-state index contributed by atoms with van der Waals surface area (Å²) < 4.78 is 27.0. The van der Waals surface area contributed by atoms with E-state index in [1.54, 1.807) is 0 Å². The predicted molar refractivity (Wildman–Crippen MR) is 91.8 cm³/mol.